The van der Waals surface area contributed by atoms with Crippen LogP contribution in [0.3, 0.4) is 0 Å². The molecular weight excluding hydrogens is 386 g/mol. The van der Waals surface area contributed by atoms with E-state index >= 15 is 0 Å². The van der Waals surface area contributed by atoms with Crippen LogP contribution in [0.4, 0.5) is 5.82 Å². The van der Waals surface area contributed by atoms with Crippen molar-refractivity contribution < 1.29 is 14.8 Å². The number of anilines is 1. The predicted octanol–water partition coefficient (Wildman–Crippen LogP) is 5.14. The molecule has 31 heavy (non-hydrogen) atoms. The molecule has 0 unspecified atom stereocenters. The molecular formula is C26H26N3O2+. The van der Waals surface area contributed by atoms with Gasteiger partial charge in [0.15, 0.2) is 0 Å². The van der Waals surface area contributed by atoms with Crippen LogP contribution < -0.4 is 15.0 Å². The minimum absolute atomic E-state index is 0.170. The third kappa shape index (κ3) is 4.51. The molecule has 0 saturated heterocycles. The first-order valence-electron chi connectivity index (χ1n) is 10.2. The number of hydrogen-bond donors (Lipinski definition) is 2. The van der Waals surface area contributed by atoms with Crippen molar-refractivity contribution in [3.05, 3.63) is 102 Å². The number of hydrogen-bond acceptors (Lipinski definition) is 4. The van der Waals surface area contributed by atoms with Gasteiger partial charge in [-0.3, -0.25) is 5.32 Å². The second kappa shape index (κ2) is 8.88. The molecule has 0 spiro atoms. The van der Waals surface area contributed by atoms with Crippen molar-refractivity contribution in [1.82, 2.24) is 4.98 Å². The van der Waals surface area contributed by atoms with Crippen LogP contribution >= 0.6 is 0 Å². The number of fused-ring (bicyclic) bond motifs is 1. The van der Waals surface area contributed by atoms with Gasteiger partial charge in [0.05, 0.1) is 5.69 Å². The lowest BCUT2D eigenvalue weighted by Crippen LogP contribution is -2.20. The van der Waals surface area contributed by atoms with E-state index < -0.39 is 0 Å². The molecule has 2 aromatic heterocycles. The average molecular weight is 413 g/mol. The van der Waals surface area contributed by atoms with Crippen LogP contribution in [0.15, 0.2) is 79.4 Å². The highest BCUT2D eigenvalue weighted by Crippen LogP contribution is 2.37. The second-order valence-electron chi connectivity index (χ2n) is 7.52. The van der Waals surface area contributed by atoms with E-state index in [1.54, 1.807) is 6.08 Å². The first kappa shape index (κ1) is 20.4. The van der Waals surface area contributed by atoms with Crippen molar-refractivity contribution in [2.75, 3.05) is 11.9 Å². The number of phenols is 1. The molecule has 0 fully saturated rings. The van der Waals surface area contributed by atoms with Crippen molar-refractivity contribution in [1.29, 1.82) is 0 Å². The third-order valence-corrected chi connectivity index (χ3v) is 5.12. The third-order valence-electron chi connectivity index (χ3n) is 5.12. The molecule has 0 aliphatic heterocycles. The summed E-state index contributed by atoms with van der Waals surface area (Å²) in [7, 11) is 0. The molecule has 5 heteroatoms. The topological polar surface area (TPSA) is 68.5 Å². The number of ether oxygens (including phenoxy) is 1. The fourth-order valence-electron chi connectivity index (χ4n) is 3.62. The summed E-state index contributed by atoms with van der Waals surface area (Å²) in [5.74, 6) is 1.76. The highest BCUT2D eigenvalue weighted by atomic mass is 16.5. The molecule has 0 bridgehead atoms. The van der Waals surface area contributed by atoms with Crippen molar-refractivity contribution in [2.45, 2.75) is 19.9 Å². The molecule has 5 nitrogen and oxygen atoms in total. The minimum atomic E-state index is -0.322. The Morgan fingerprint density at radius 2 is 1.90 bits per heavy atom. The molecule has 2 heterocycles. The largest absolute Gasteiger partial charge is 0.505 e. The average Bonchev–Trinajstić information content (AvgIpc) is 2.77. The number of aromatic hydroxyl groups is 1. The number of phenolic OH excluding ortho intramolecular Hbond substituents is 1. The van der Waals surface area contributed by atoms with E-state index in [1.165, 1.54) is 0 Å². The van der Waals surface area contributed by atoms with Gasteiger partial charge in [-0.1, -0.05) is 43.0 Å². The summed E-state index contributed by atoms with van der Waals surface area (Å²) in [6.45, 7) is 8.06. The molecule has 0 amide bonds. The predicted molar refractivity (Wildman–Crippen MR) is 123 cm³/mol. The molecule has 0 radical (unpaired) electrons. The summed E-state index contributed by atoms with van der Waals surface area (Å²) in [5, 5.41) is 15.6. The molecule has 3 N–H and O–H groups in total. The van der Waals surface area contributed by atoms with E-state index in [4.69, 9.17) is 4.74 Å². The Morgan fingerprint density at radius 3 is 2.71 bits per heavy atom. The molecule has 4 aromatic rings. The minimum Gasteiger partial charge on any atom is -0.505 e. The van der Waals surface area contributed by atoms with E-state index in [2.05, 4.69) is 21.9 Å². The Balaban J connectivity index is 1.83. The van der Waals surface area contributed by atoms with Crippen LogP contribution in [-0.2, 0) is 0 Å². The maximum absolute atomic E-state index is 11.2. The van der Waals surface area contributed by atoms with Crippen molar-refractivity contribution in [2.24, 2.45) is 0 Å². The number of H-pyrrole nitrogens is 1. The summed E-state index contributed by atoms with van der Waals surface area (Å²) < 4.78 is 5.74. The Kier molecular flexibility index (Phi) is 5.85. The molecule has 0 saturated carbocycles. The lowest BCUT2D eigenvalue weighted by Gasteiger charge is -2.18. The number of nitrogens with zero attached hydrogens (tertiary/aromatic N) is 1. The molecule has 0 aliphatic carbocycles. The number of benzene rings is 2. The van der Waals surface area contributed by atoms with Crippen molar-refractivity contribution >= 4 is 16.7 Å². The molecule has 1 atom stereocenters. The van der Waals surface area contributed by atoms with E-state index in [1.807, 2.05) is 80.6 Å². The normalized spacial score (nSPS) is 11.8. The quantitative estimate of drug-likeness (QED) is 0.413. The number of nitrogens with one attached hydrogen (secondary N) is 2. The van der Waals surface area contributed by atoms with E-state index in [9.17, 15) is 5.11 Å². The first-order valence-corrected chi connectivity index (χ1v) is 10.2. The summed E-state index contributed by atoms with van der Waals surface area (Å²) in [6.07, 6.45) is 1.72. The highest BCUT2D eigenvalue weighted by Gasteiger charge is 2.25. The maximum Gasteiger partial charge on any atom is 0.273 e. The fourth-order valence-corrected chi connectivity index (χ4v) is 3.62. The zero-order valence-corrected chi connectivity index (χ0v) is 17.7. The van der Waals surface area contributed by atoms with Gasteiger partial charge in [-0.25, -0.2) is 9.97 Å². The van der Waals surface area contributed by atoms with Gasteiger partial charge in [0, 0.05) is 28.3 Å². The molecule has 4 rings (SSSR count). The van der Waals surface area contributed by atoms with Gasteiger partial charge < -0.3 is 9.84 Å². The fraction of sp³-hybridized carbons (Fsp3) is 0.154. The van der Waals surface area contributed by atoms with Crippen molar-refractivity contribution in [3.63, 3.8) is 0 Å². The zero-order valence-electron chi connectivity index (χ0n) is 17.7. The Morgan fingerprint density at radius 1 is 1.10 bits per heavy atom. The Bertz CT molecular complexity index is 1240. The summed E-state index contributed by atoms with van der Waals surface area (Å²) in [5.41, 5.74) is 4.18. The molecule has 0 aliphatic rings. The Hall–Kier alpha value is -3.86. The van der Waals surface area contributed by atoms with Gasteiger partial charge in [0.2, 0.25) is 0 Å². The number of aromatic nitrogens is 2. The lowest BCUT2D eigenvalue weighted by molar-refractivity contribution is -0.371. The molecule has 156 valence electrons. The number of pyridine rings is 2. The maximum atomic E-state index is 11.2. The van der Waals surface area contributed by atoms with Crippen LogP contribution in [0, 0.1) is 13.8 Å². The number of aryl methyl sites for hydroxylation is 2. The van der Waals surface area contributed by atoms with Gasteiger partial charge >= 0.3 is 0 Å². The SMILES string of the molecule is C=CCOc1cccc([C@@H](Nc2cccc(C)[nH+]2)c2ccc3ccc(C)nc3c2O)c1. The van der Waals surface area contributed by atoms with Crippen LogP contribution in [0.2, 0.25) is 0 Å². The second-order valence-corrected chi connectivity index (χ2v) is 7.52. The van der Waals surface area contributed by atoms with E-state index in [0.717, 1.165) is 39.5 Å². The van der Waals surface area contributed by atoms with Crippen LogP contribution in [0.5, 0.6) is 11.5 Å². The van der Waals surface area contributed by atoms with Crippen LogP contribution in [0.1, 0.15) is 28.6 Å². The van der Waals surface area contributed by atoms with Gasteiger partial charge in [-0.05, 0) is 44.2 Å². The standard InChI is InChI=1S/C26H25N3O2/c1-4-15-31-21-9-6-8-20(16-21)24(29-23-10-5-7-17(2)27-23)22-14-13-19-12-11-18(3)28-25(19)26(22)30/h4-14,16,24,30H,1,15H2,2-3H3,(H,27,29)/p+1/t24-/m1/s1. The Labute approximate surface area is 182 Å². The zero-order chi connectivity index (χ0) is 21.8. The monoisotopic (exact) mass is 412 g/mol. The van der Waals surface area contributed by atoms with E-state index in [-0.39, 0.29) is 11.8 Å². The summed E-state index contributed by atoms with van der Waals surface area (Å²) in [6, 6.07) is 21.3. The number of rotatable bonds is 7. The number of aromatic amines is 1. The smallest absolute Gasteiger partial charge is 0.273 e. The van der Waals surface area contributed by atoms with Gasteiger partial charge in [-0.2, -0.15) is 0 Å². The van der Waals surface area contributed by atoms with Crippen molar-refractivity contribution in [3.8, 4) is 11.5 Å². The summed E-state index contributed by atoms with van der Waals surface area (Å²) in [4.78, 5) is 7.91. The van der Waals surface area contributed by atoms with Gasteiger partial charge in [-0.15, -0.1) is 0 Å². The summed E-state index contributed by atoms with van der Waals surface area (Å²) >= 11 is 0. The highest BCUT2D eigenvalue weighted by molar-refractivity contribution is 5.86. The lowest BCUT2D eigenvalue weighted by atomic mass is 9.96. The van der Waals surface area contributed by atoms with Crippen LogP contribution in [0.25, 0.3) is 10.9 Å². The molecule has 2 aromatic carbocycles. The van der Waals surface area contributed by atoms with Gasteiger partial charge in [0.25, 0.3) is 5.82 Å². The van der Waals surface area contributed by atoms with Crippen LogP contribution in [-0.4, -0.2) is 16.7 Å². The van der Waals surface area contributed by atoms with Gasteiger partial charge in [0.1, 0.15) is 29.7 Å². The van der Waals surface area contributed by atoms with E-state index in [0.29, 0.717) is 12.1 Å². The first-order chi connectivity index (χ1) is 15.0.